The molecule has 0 saturated heterocycles. The summed E-state index contributed by atoms with van der Waals surface area (Å²) in [7, 11) is 5.05. The van der Waals surface area contributed by atoms with Crippen molar-refractivity contribution in [1.29, 1.82) is 0 Å². The van der Waals surface area contributed by atoms with Crippen molar-refractivity contribution in [3.63, 3.8) is 0 Å². The van der Waals surface area contributed by atoms with E-state index in [-0.39, 0.29) is 0 Å². The van der Waals surface area contributed by atoms with Gasteiger partial charge >= 0.3 is 0 Å². The van der Waals surface area contributed by atoms with Crippen LogP contribution < -0.4 is 18.8 Å². The third kappa shape index (κ3) is 2.26. The average molecular weight is 322 g/mol. The lowest BCUT2D eigenvalue weighted by molar-refractivity contribution is -0.686. The first-order valence-corrected chi connectivity index (χ1v) is 8.00. The van der Waals surface area contributed by atoms with Crippen LogP contribution in [0.5, 0.6) is 17.2 Å². The number of aryl methyl sites for hydroxylation is 2. The molecule has 4 nitrogen and oxygen atoms in total. The molecule has 0 N–H and O–H groups in total. The molecule has 4 heteroatoms. The molecule has 2 heterocycles. The summed E-state index contributed by atoms with van der Waals surface area (Å²) in [5.74, 6) is 2.43. The van der Waals surface area contributed by atoms with E-state index in [1.807, 2.05) is 6.07 Å². The largest absolute Gasteiger partial charge is 0.497 e. The maximum Gasteiger partial charge on any atom is 0.213 e. The van der Waals surface area contributed by atoms with Crippen LogP contribution in [0.2, 0.25) is 0 Å². The molecule has 0 atom stereocenters. The van der Waals surface area contributed by atoms with Crippen LogP contribution in [-0.2, 0) is 13.0 Å². The molecule has 0 saturated carbocycles. The number of rotatable bonds is 3. The first-order valence-electron chi connectivity index (χ1n) is 8.00. The van der Waals surface area contributed by atoms with E-state index in [0.29, 0.717) is 0 Å². The normalized spacial score (nSPS) is 12.5. The Morgan fingerprint density at radius 1 is 0.833 bits per heavy atom. The summed E-state index contributed by atoms with van der Waals surface area (Å²) in [6.07, 6.45) is 3.18. The van der Waals surface area contributed by atoms with Crippen molar-refractivity contribution in [3.8, 4) is 28.5 Å². The Balaban J connectivity index is 1.93. The number of aromatic nitrogens is 1. The zero-order chi connectivity index (χ0) is 16.7. The van der Waals surface area contributed by atoms with Crippen molar-refractivity contribution >= 4 is 10.8 Å². The molecule has 0 fully saturated rings. The van der Waals surface area contributed by atoms with Crippen molar-refractivity contribution in [2.24, 2.45) is 0 Å². The first kappa shape index (κ1) is 14.8. The Bertz CT molecular complexity index is 934. The molecule has 0 spiro atoms. The summed E-state index contributed by atoms with van der Waals surface area (Å²) in [6.45, 7) is 0.949. The minimum Gasteiger partial charge on any atom is -0.497 e. The molecular formula is C20H20NO3+. The molecule has 1 aliphatic heterocycles. The maximum atomic E-state index is 5.48. The molecule has 2 aromatic carbocycles. The van der Waals surface area contributed by atoms with Crippen LogP contribution in [0.3, 0.4) is 0 Å². The predicted octanol–water partition coefficient (Wildman–Crippen LogP) is 3.38. The monoisotopic (exact) mass is 322 g/mol. The van der Waals surface area contributed by atoms with Crippen molar-refractivity contribution in [3.05, 3.63) is 48.2 Å². The van der Waals surface area contributed by atoms with E-state index in [9.17, 15) is 0 Å². The highest BCUT2D eigenvalue weighted by Gasteiger charge is 2.25. The van der Waals surface area contributed by atoms with Crippen LogP contribution in [0, 0.1) is 0 Å². The molecule has 0 amide bonds. The molecule has 0 aliphatic carbocycles. The summed E-state index contributed by atoms with van der Waals surface area (Å²) < 4.78 is 18.6. The molecule has 4 rings (SSSR count). The van der Waals surface area contributed by atoms with E-state index < -0.39 is 0 Å². The van der Waals surface area contributed by atoms with Gasteiger partial charge in [0.15, 0.2) is 24.2 Å². The van der Waals surface area contributed by atoms with E-state index in [1.165, 1.54) is 27.6 Å². The first-order chi connectivity index (χ1) is 11.7. The van der Waals surface area contributed by atoms with Crippen molar-refractivity contribution < 1.29 is 18.8 Å². The molecule has 1 aromatic heterocycles. The number of ether oxygens (including phenoxy) is 3. The highest BCUT2D eigenvalue weighted by atomic mass is 16.5. The third-order valence-electron chi connectivity index (χ3n) is 4.70. The Morgan fingerprint density at radius 3 is 2.38 bits per heavy atom. The lowest BCUT2D eigenvalue weighted by Crippen LogP contribution is -2.40. The van der Waals surface area contributed by atoms with Crippen LogP contribution >= 0.6 is 0 Å². The summed E-state index contributed by atoms with van der Waals surface area (Å²) >= 11 is 0. The fourth-order valence-corrected chi connectivity index (χ4v) is 3.42. The van der Waals surface area contributed by atoms with Crippen LogP contribution in [0.25, 0.3) is 22.0 Å². The van der Waals surface area contributed by atoms with Crippen molar-refractivity contribution in [1.82, 2.24) is 0 Å². The van der Waals surface area contributed by atoms with Crippen molar-refractivity contribution in [2.45, 2.75) is 13.0 Å². The molecule has 0 unspecified atom stereocenters. The van der Waals surface area contributed by atoms with Crippen LogP contribution in [-0.4, -0.2) is 21.3 Å². The second kappa shape index (κ2) is 5.71. The van der Waals surface area contributed by atoms with Crippen LogP contribution in [0.1, 0.15) is 5.56 Å². The molecule has 122 valence electrons. The zero-order valence-electron chi connectivity index (χ0n) is 14.1. The van der Waals surface area contributed by atoms with Gasteiger partial charge in [0.05, 0.1) is 26.9 Å². The van der Waals surface area contributed by atoms with Gasteiger partial charge in [0.1, 0.15) is 5.75 Å². The van der Waals surface area contributed by atoms with Gasteiger partial charge in [-0.2, -0.15) is 4.57 Å². The number of nitrogens with zero attached hydrogens (tertiary/aromatic N) is 1. The zero-order valence-corrected chi connectivity index (χ0v) is 14.1. The number of benzene rings is 2. The fraction of sp³-hybridized carbons (Fsp3) is 0.250. The summed E-state index contributed by atoms with van der Waals surface area (Å²) in [4.78, 5) is 0. The standard InChI is InChI=1S/C20H20NO3/c1-22-16-5-4-13-9-18-17-11-20(24-3)19(23-2)10-14(17)6-7-21(18)12-15(13)8-16/h4-5,8-12H,6-7H2,1-3H3/q+1. The van der Waals surface area contributed by atoms with Gasteiger partial charge in [0.25, 0.3) is 0 Å². The Morgan fingerprint density at radius 2 is 1.62 bits per heavy atom. The maximum absolute atomic E-state index is 5.48. The molecule has 0 bridgehead atoms. The highest BCUT2D eigenvalue weighted by molar-refractivity contribution is 5.85. The number of pyridine rings is 1. The Labute approximate surface area is 141 Å². The van der Waals surface area contributed by atoms with Gasteiger partial charge in [-0.15, -0.1) is 0 Å². The minimum atomic E-state index is 0.763. The van der Waals surface area contributed by atoms with E-state index in [2.05, 4.69) is 41.1 Å². The number of hydrogen-bond acceptors (Lipinski definition) is 3. The topological polar surface area (TPSA) is 31.6 Å². The van der Waals surface area contributed by atoms with Crippen molar-refractivity contribution in [2.75, 3.05) is 21.3 Å². The van der Waals surface area contributed by atoms with Gasteiger partial charge in [0.2, 0.25) is 5.69 Å². The Hall–Kier alpha value is -2.75. The second-order valence-corrected chi connectivity index (χ2v) is 5.96. The van der Waals surface area contributed by atoms with Crippen LogP contribution in [0.4, 0.5) is 0 Å². The number of hydrogen-bond donors (Lipinski definition) is 0. The predicted molar refractivity (Wildman–Crippen MR) is 92.9 cm³/mol. The van der Waals surface area contributed by atoms with Gasteiger partial charge in [-0.25, -0.2) is 0 Å². The SMILES string of the molecule is COc1ccc2cc3[n+](cc2c1)CCc1cc(OC)c(OC)cc1-3. The fourth-order valence-electron chi connectivity index (χ4n) is 3.42. The van der Waals surface area contributed by atoms with E-state index in [1.54, 1.807) is 21.3 Å². The number of methoxy groups -OCH3 is 3. The van der Waals surface area contributed by atoms with Gasteiger partial charge in [-0.1, -0.05) is 6.07 Å². The quantitative estimate of drug-likeness (QED) is 0.693. The smallest absolute Gasteiger partial charge is 0.213 e. The third-order valence-corrected chi connectivity index (χ3v) is 4.70. The van der Waals surface area contributed by atoms with Gasteiger partial charge in [-0.05, 0) is 35.2 Å². The average Bonchev–Trinajstić information content (AvgIpc) is 2.64. The number of fused-ring (bicyclic) bond motifs is 4. The Kier molecular flexibility index (Phi) is 3.53. The minimum absolute atomic E-state index is 0.763. The summed E-state index contributed by atoms with van der Waals surface area (Å²) in [5, 5.41) is 2.38. The van der Waals surface area contributed by atoms with E-state index in [4.69, 9.17) is 14.2 Å². The molecule has 0 radical (unpaired) electrons. The van der Waals surface area contributed by atoms with Gasteiger partial charge in [0, 0.05) is 17.9 Å². The highest BCUT2D eigenvalue weighted by Crippen LogP contribution is 2.37. The summed E-state index contributed by atoms with van der Waals surface area (Å²) in [5.41, 5.74) is 3.70. The van der Waals surface area contributed by atoms with E-state index >= 15 is 0 Å². The lowest BCUT2D eigenvalue weighted by atomic mass is 9.95. The van der Waals surface area contributed by atoms with Crippen LogP contribution in [0.15, 0.2) is 42.6 Å². The summed E-state index contributed by atoms with van der Waals surface area (Å²) in [6, 6.07) is 12.6. The van der Waals surface area contributed by atoms with Gasteiger partial charge < -0.3 is 14.2 Å². The lowest BCUT2D eigenvalue weighted by Gasteiger charge is -2.18. The molecule has 24 heavy (non-hydrogen) atoms. The van der Waals surface area contributed by atoms with Gasteiger partial charge in [-0.3, -0.25) is 0 Å². The molecule has 1 aliphatic rings. The van der Waals surface area contributed by atoms with E-state index in [0.717, 1.165) is 30.2 Å². The second-order valence-electron chi connectivity index (χ2n) is 5.96. The molecule has 3 aromatic rings. The molecular weight excluding hydrogens is 302 g/mol.